The highest BCUT2D eigenvalue weighted by atomic mass is 79.9. The number of benzene rings is 4. The zero-order valence-corrected chi connectivity index (χ0v) is 23.4. The first-order valence-electron chi connectivity index (χ1n) is 12.9. The van der Waals surface area contributed by atoms with Gasteiger partial charge in [-0.1, -0.05) is 113 Å². The van der Waals surface area contributed by atoms with E-state index >= 15 is 0 Å². The molecule has 3 heterocycles. The van der Waals surface area contributed by atoms with Gasteiger partial charge in [-0.15, -0.1) is 0 Å². The van der Waals surface area contributed by atoms with Crippen molar-refractivity contribution in [1.82, 2.24) is 19.7 Å². The summed E-state index contributed by atoms with van der Waals surface area (Å²) < 4.78 is 4.23. The lowest BCUT2D eigenvalue weighted by Gasteiger charge is -2.28. The Hall–Kier alpha value is -4.30. The summed E-state index contributed by atoms with van der Waals surface area (Å²) in [6.07, 6.45) is -0.268. The maximum absolute atomic E-state index is 5.23. The van der Waals surface area contributed by atoms with Crippen molar-refractivity contribution in [1.29, 1.82) is 0 Å². The number of rotatable bonds is 5. The molecule has 0 saturated heterocycles. The molecule has 0 spiro atoms. The van der Waals surface area contributed by atoms with E-state index < -0.39 is 0 Å². The molecule has 0 amide bonds. The minimum absolute atomic E-state index is 0. The summed E-state index contributed by atoms with van der Waals surface area (Å²) in [7, 11) is 0. The van der Waals surface area contributed by atoms with Crippen LogP contribution in [0.25, 0.3) is 10.8 Å². The topological polar surface area (TPSA) is 52.9 Å². The monoisotopic (exact) mass is 577 g/mol. The van der Waals surface area contributed by atoms with Crippen LogP contribution in [0.1, 0.15) is 35.6 Å². The fraction of sp³-hybridized carbons (Fsp3) is 0.161. The minimum Gasteiger partial charge on any atom is -1.00 e. The average Bonchev–Trinajstić information content (AvgIpc) is 3.43. The Labute approximate surface area is 238 Å². The number of guanidine groups is 1. The number of hydrogen-bond donors (Lipinski definition) is 0. The van der Waals surface area contributed by atoms with E-state index in [1.165, 1.54) is 21.9 Å². The van der Waals surface area contributed by atoms with Gasteiger partial charge in [-0.05, 0) is 33.9 Å². The number of halogens is 1. The summed E-state index contributed by atoms with van der Waals surface area (Å²) in [5, 5.41) is 14.5. The number of hydrazone groups is 1. The van der Waals surface area contributed by atoms with Gasteiger partial charge in [0.25, 0.3) is 5.96 Å². The molecule has 2 aliphatic rings. The van der Waals surface area contributed by atoms with E-state index in [0.29, 0.717) is 13.1 Å². The van der Waals surface area contributed by atoms with Crippen LogP contribution in [-0.4, -0.2) is 31.5 Å². The van der Waals surface area contributed by atoms with Gasteiger partial charge < -0.3 is 17.0 Å². The zero-order valence-electron chi connectivity index (χ0n) is 21.8. The van der Waals surface area contributed by atoms with Gasteiger partial charge >= 0.3 is 5.95 Å². The molecule has 2 aliphatic heterocycles. The molecule has 7 nitrogen and oxygen atoms in total. The third-order valence-corrected chi connectivity index (χ3v) is 7.31. The van der Waals surface area contributed by atoms with Crippen LogP contribution in [0.2, 0.25) is 0 Å². The van der Waals surface area contributed by atoms with Gasteiger partial charge in [-0.2, -0.15) is 10.1 Å². The van der Waals surface area contributed by atoms with Gasteiger partial charge in [0, 0.05) is 12.5 Å². The molecule has 0 bridgehead atoms. The fourth-order valence-electron chi connectivity index (χ4n) is 5.43. The highest BCUT2D eigenvalue weighted by Crippen LogP contribution is 2.38. The second-order valence-corrected chi connectivity index (χ2v) is 9.78. The molecule has 1 atom stereocenters. The molecular weight excluding hydrogens is 550 g/mol. The van der Waals surface area contributed by atoms with Crippen LogP contribution in [0.3, 0.4) is 0 Å². The van der Waals surface area contributed by atoms with Gasteiger partial charge in [0.05, 0.1) is 13.1 Å². The zero-order chi connectivity index (χ0) is 25.6. The van der Waals surface area contributed by atoms with E-state index in [-0.39, 0.29) is 23.1 Å². The van der Waals surface area contributed by atoms with E-state index in [1.807, 2.05) is 21.8 Å². The van der Waals surface area contributed by atoms with Crippen molar-refractivity contribution in [3.8, 4) is 0 Å². The highest BCUT2D eigenvalue weighted by Gasteiger charge is 2.47. The van der Waals surface area contributed by atoms with Crippen LogP contribution < -0.4 is 21.5 Å². The second kappa shape index (κ2) is 10.1. The molecule has 5 aromatic rings. The van der Waals surface area contributed by atoms with Crippen LogP contribution in [-0.2, 0) is 13.1 Å². The van der Waals surface area contributed by atoms with Crippen molar-refractivity contribution in [2.45, 2.75) is 33.1 Å². The first-order valence-corrected chi connectivity index (χ1v) is 12.9. The van der Waals surface area contributed by atoms with Crippen molar-refractivity contribution in [2.75, 3.05) is 0 Å². The summed E-state index contributed by atoms with van der Waals surface area (Å²) in [6.45, 7) is 5.49. The van der Waals surface area contributed by atoms with Crippen LogP contribution in [0.4, 0.5) is 5.95 Å². The van der Waals surface area contributed by atoms with E-state index in [9.17, 15) is 0 Å². The van der Waals surface area contributed by atoms with Crippen molar-refractivity contribution in [3.63, 3.8) is 0 Å². The van der Waals surface area contributed by atoms with Crippen LogP contribution in [0.15, 0.2) is 113 Å². The molecule has 1 aromatic heterocycles. The molecule has 7 rings (SSSR count). The summed E-state index contributed by atoms with van der Waals surface area (Å²) in [6, 6.07) is 35.9. The quantitative estimate of drug-likeness (QED) is 0.301. The number of nitrogens with zero attached hydrogens (tertiary/aromatic N) is 7. The van der Waals surface area contributed by atoms with Gasteiger partial charge in [0.2, 0.25) is 12.0 Å². The first-order chi connectivity index (χ1) is 18.7. The summed E-state index contributed by atoms with van der Waals surface area (Å²) in [5.74, 6) is 3.46. The Bertz CT molecular complexity index is 1700. The number of aryl methyl sites for hydroxylation is 1. The minimum atomic E-state index is -0.268. The normalized spacial score (nSPS) is 15.9. The van der Waals surface area contributed by atoms with Gasteiger partial charge in [0.15, 0.2) is 0 Å². The van der Waals surface area contributed by atoms with E-state index in [1.54, 1.807) is 0 Å². The predicted octanol–water partition coefficient (Wildman–Crippen LogP) is 2.38. The van der Waals surface area contributed by atoms with Crippen molar-refractivity contribution in [3.05, 3.63) is 126 Å². The van der Waals surface area contributed by atoms with Crippen LogP contribution in [0.5, 0.6) is 0 Å². The maximum atomic E-state index is 5.23. The molecule has 0 N–H and O–H groups in total. The smallest absolute Gasteiger partial charge is 0.388 e. The number of aromatic nitrogens is 3. The van der Waals surface area contributed by atoms with E-state index in [4.69, 9.17) is 15.2 Å². The van der Waals surface area contributed by atoms with Crippen molar-refractivity contribution in [2.24, 2.45) is 10.1 Å². The number of hydrogen-bond acceptors (Lipinski definition) is 5. The molecule has 8 heteroatoms. The predicted molar refractivity (Wildman–Crippen MR) is 149 cm³/mol. The summed E-state index contributed by atoms with van der Waals surface area (Å²) in [4.78, 5) is 7.43. The lowest BCUT2D eigenvalue weighted by atomic mass is 10.0. The molecule has 39 heavy (non-hydrogen) atoms. The Kier molecular flexibility index (Phi) is 6.48. The number of amidine groups is 1. The lowest BCUT2D eigenvalue weighted by molar-refractivity contribution is -0.682. The molecule has 0 radical (unpaired) electrons. The number of fused-ring (bicyclic) bond motifs is 3. The SMILES string of the molecule is CC1=NN2C(=Nc3n(nc(C)[n+]3Cc3ccccc3)C2c2cccc3ccccc23)N1Cc1ccccc1.[Br-]. The number of aliphatic imine (C=N–C) groups is 1. The van der Waals surface area contributed by atoms with Crippen molar-refractivity contribution < 1.29 is 21.5 Å². The van der Waals surface area contributed by atoms with Gasteiger partial charge in [-0.3, -0.25) is 4.90 Å². The summed E-state index contributed by atoms with van der Waals surface area (Å²) in [5.41, 5.74) is 3.56. The van der Waals surface area contributed by atoms with Crippen LogP contribution >= 0.6 is 0 Å². The molecule has 194 valence electrons. The maximum Gasteiger partial charge on any atom is 0.388 e. The highest BCUT2D eigenvalue weighted by molar-refractivity contribution is 6.04. The first kappa shape index (κ1) is 25.0. The third kappa shape index (κ3) is 4.30. The van der Waals surface area contributed by atoms with Crippen LogP contribution in [0, 0.1) is 6.92 Å². The van der Waals surface area contributed by atoms with Gasteiger partial charge in [-0.25, -0.2) is 4.57 Å². The molecular formula is C31H28BrN7. The molecule has 0 saturated carbocycles. The standard InChI is InChI=1S/C31H28N7.BrH/c1-22-33-37-29(28-19-11-17-26-16-9-10-18-27(26)28)38-31(32-30(37)35(22)20-24-12-5-3-6-13-24)36(23(2)34-38)21-25-14-7-4-8-15-25;/h3-19,29H,20-21H2,1-2H3;1H/q+1;/p-1. The third-order valence-electron chi connectivity index (χ3n) is 7.31. The Morgan fingerprint density at radius 2 is 1.44 bits per heavy atom. The molecule has 0 aliphatic carbocycles. The van der Waals surface area contributed by atoms with E-state index in [0.717, 1.165) is 29.1 Å². The molecule has 0 fully saturated rings. The molecule has 1 unspecified atom stereocenters. The second-order valence-electron chi connectivity index (χ2n) is 9.78. The van der Waals surface area contributed by atoms with E-state index in [2.05, 4.69) is 114 Å². The summed E-state index contributed by atoms with van der Waals surface area (Å²) >= 11 is 0. The Morgan fingerprint density at radius 3 is 2.21 bits per heavy atom. The van der Waals surface area contributed by atoms with Crippen molar-refractivity contribution >= 4 is 28.5 Å². The Balaban J connectivity index is 0.00000277. The average molecular weight is 579 g/mol. The lowest BCUT2D eigenvalue weighted by Crippen LogP contribution is -3.00. The van der Waals surface area contributed by atoms with Gasteiger partial charge in [0.1, 0.15) is 5.84 Å². The fourth-order valence-corrected chi connectivity index (χ4v) is 5.43. The molecule has 4 aromatic carbocycles. The largest absolute Gasteiger partial charge is 1.00 e. The Morgan fingerprint density at radius 1 is 0.769 bits per heavy atom.